The number of hydrogen-bond donors (Lipinski definition) is 3. The monoisotopic (exact) mass is 407 g/mol. The number of aliphatic hydroxyl groups is 1. The molecule has 0 aliphatic heterocycles. The Morgan fingerprint density at radius 2 is 1.92 bits per heavy atom. The third kappa shape index (κ3) is 7.21. The van der Waals surface area contributed by atoms with Gasteiger partial charge < -0.3 is 15.3 Å². The van der Waals surface area contributed by atoms with Gasteiger partial charge in [-0.15, -0.1) is 0 Å². The number of hydrogen-bond acceptors (Lipinski definition) is 3. The maximum atomic E-state index is 12.4. The summed E-state index contributed by atoms with van der Waals surface area (Å²) < 4.78 is 12.4. The summed E-state index contributed by atoms with van der Waals surface area (Å²) in [4.78, 5) is 10.2. The van der Waals surface area contributed by atoms with Crippen molar-refractivity contribution in [2.24, 2.45) is 5.92 Å². The molecule has 142 valence electrons. The predicted molar refractivity (Wildman–Crippen MR) is 105 cm³/mol. The largest absolute Gasteiger partial charge is 0.391 e. The second kappa shape index (κ2) is 9.73. The first-order valence-corrected chi connectivity index (χ1v) is 11.7. The van der Waals surface area contributed by atoms with E-state index in [1.807, 2.05) is 13.0 Å². The van der Waals surface area contributed by atoms with Gasteiger partial charge in [0.15, 0.2) is 0 Å². The molecule has 0 saturated heterocycles. The molecule has 0 radical (unpaired) electrons. The highest BCUT2D eigenvalue weighted by Crippen LogP contribution is 2.45. The summed E-state index contributed by atoms with van der Waals surface area (Å²) in [5, 5.41) is 14.3. The van der Waals surface area contributed by atoms with Crippen LogP contribution < -0.4 is 5.32 Å². The molecule has 0 bridgehead atoms. The molecule has 3 atom stereocenters. The van der Waals surface area contributed by atoms with Crippen LogP contribution in [0.2, 0.25) is 10.0 Å². The van der Waals surface area contributed by atoms with E-state index in [1.54, 1.807) is 12.1 Å². The quantitative estimate of drug-likeness (QED) is 0.538. The molecule has 25 heavy (non-hydrogen) atoms. The Bertz CT molecular complexity index is 608. The van der Waals surface area contributed by atoms with Crippen molar-refractivity contribution >= 4 is 30.6 Å². The third-order valence-corrected chi connectivity index (χ3v) is 7.69. The zero-order valence-electron chi connectivity index (χ0n) is 14.6. The first kappa shape index (κ1) is 21.2. The van der Waals surface area contributed by atoms with Crippen LogP contribution in [0.25, 0.3) is 0 Å². The zero-order chi connectivity index (χ0) is 18.4. The zero-order valence-corrected chi connectivity index (χ0v) is 17.0. The summed E-state index contributed by atoms with van der Waals surface area (Å²) in [7, 11) is -3.29. The fourth-order valence-electron chi connectivity index (χ4n) is 3.45. The Hall–Kier alpha value is -0.0900. The smallest absolute Gasteiger partial charge is 0.203 e. The van der Waals surface area contributed by atoms with Crippen molar-refractivity contribution in [3.05, 3.63) is 33.8 Å². The van der Waals surface area contributed by atoms with Gasteiger partial charge in [0.25, 0.3) is 0 Å². The fourth-order valence-corrected chi connectivity index (χ4v) is 5.87. The van der Waals surface area contributed by atoms with Gasteiger partial charge in [-0.1, -0.05) is 48.5 Å². The highest BCUT2D eigenvalue weighted by Gasteiger charge is 2.28. The van der Waals surface area contributed by atoms with Crippen LogP contribution in [0.3, 0.4) is 0 Å². The van der Waals surface area contributed by atoms with E-state index in [1.165, 1.54) is 6.42 Å². The minimum Gasteiger partial charge on any atom is -0.391 e. The topological polar surface area (TPSA) is 69.6 Å². The van der Waals surface area contributed by atoms with Crippen LogP contribution in [0.1, 0.15) is 50.6 Å². The number of aliphatic hydroxyl groups excluding tert-OH is 1. The van der Waals surface area contributed by atoms with Crippen LogP contribution in [-0.4, -0.2) is 35.0 Å². The van der Waals surface area contributed by atoms with Crippen molar-refractivity contribution in [3.63, 3.8) is 0 Å². The van der Waals surface area contributed by atoms with Crippen molar-refractivity contribution < 1.29 is 14.6 Å². The highest BCUT2D eigenvalue weighted by molar-refractivity contribution is 7.58. The van der Waals surface area contributed by atoms with Gasteiger partial charge in [0.05, 0.1) is 22.3 Å². The van der Waals surface area contributed by atoms with E-state index in [2.05, 4.69) is 5.32 Å². The summed E-state index contributed by atoms with van der Waals surface area (Å²) in [5.74, 6) is 0.333. The maximum absolute atomic E-state index is 12.4. The highest BCUT2D eigenvalue weighted by atomic mass is 35.5. The van der Waals surface area contributed by atoms with Gasteiger partial charge in [-0.25, -0.2) is 0 Å². The number of benzene rings is 1. The molecule has 0 heterocycles. The van der Waals surface area contributed by atoms with E-state index in [0.717, 1.165) is 31.2 Å². The molecule has 1 aliphatic carbocycles. The van der Waals surface area contributed by atoms with Crippen molar-refractivity contribution in [2.75, 3.05) is 18.9 Å². The van der Waals surface area contributed by atoms with Crippen molar-refractivity contribution in [3.8, 4) is 0 Å². The van der Waals surface area contributed by atoms with E-state index in [-0.39, 0.29) is 18.7 Å². The molecule has 7 heteroatoms. The molecule has 1 aromatic rings. The maximum Gasteiger partial charge on any atom is 0.203 e. The van der Waals surface area contributed by atoms with E-state index >= 15 is 0 Å². The SMILES string of the molecule is C[C@@H](NC[C@@H](O)CP(=O)(O)CC1CCCCC1)c1ccc(Cl)c(Cl)c1. The molecule has 1 aliphatic rings. The van der Waals surface area contributed by atoms with Gasteiger partial charge >= 0.3 is 0 Å². The molecule has 4 nitrogen and oxygen atoms in total. The van der Waals surface area contributed by atoms with E-state index < -0.39 is 13.5 Å². The Labute approximate surface area is 160 Å². The molecule has 0 aromatic heterocycles. The lowest BCUT2D eigenvalue weighted by molar-refractivity contribution is 0.186. The van der Waals surface area contributed by atoms with Crippen molar-refractivity contribution in [1.82, 2.24) is 5.32 Å². The Balaban J connectivity index is 1.79. The second-order valence-electron chi connectivity index (χ2n) is 7.17. The molecular formula is C18H28Cl2NO3P. The van der Waals surface area contributed by atoms with E-state index in [0.29, 0.717) is 22.1 Å². The van der Waals surface area contributed by atoms with Crippen LogP contribution >= 0.6 is 30.6 Å². The minimum atomic E-state index is -3.29. The summed E-state index contributed by atoms with van der Waals surface area (Å²) >= 11 is 11.9. The summed E-state index contributed by atoms with van der Waals surface area (Å²) in [5.41, 5.74) is 0.955. The molecule has 1 unspecified atom stereocenters. The molecular weight excluding hydrogens is 380 g/mol. The number of halogens is 2. The van der Waals surface area contributed by atoms with Crippen molar-refractivity contribution in [2.45, 2.75) is 51.2 Å². The molecule has 3 N–H and O–H groups in total. The van der Waals surface area contributed by atoms with Gasteiger partial charge in [0.1, 0.15) is 0 Å². The third-order valence-electron chi connectivity index (χ3n) is 4.87. The second-order valence-corrected chi connectivity index (χ2v) is 10.4. The average molecular weight is 408 g/mol. The van der Waals surface area contributed by atoms with Gasteiger partial charge in [0.2, 0.25) is 7.37 Å². The van der Waals surface area contributed by atoms with Crippen LogP contribution in [0.4, 0.5) is 0 Å². The lowest BCUT2D eigenvalue weighted by Gasteiger charge is -2.25. The van der Waals surface area contributed by atoms with Crippen LogP contribution in [0, 0.1) is 5.92 Å². The normalized spacial score (nSPS) is 20.8. The number of nitrogens with one attached hydrogen (secondary N) is 1. The van der Waals surface area contributed by atoms with Crippen LogP contribution in [-0.2, 0) is 4.57 Å². The van der Waals surface area contributed by atoms with Gasteiger partial charge in [-0.2, -0.15) is 0 Å². The standard InChI is InChI=1S/C18H28Cl2NO3P/c1-13(15-7-8-17(19)18(20)9-15)21-10-16(22)12-25(23,24)11-14-5-3-2-4-6-14/h7-9,13-14,16,21-22H,2-6,10-12H2,1H3,(H,23,24)/t13-,16-/m1/s1. The minimum absolute atomic E-state index is 0.0409. The summed E-state index contributed by atoms with van der Waals surface area (Å²) in [6, 6.07) is 5.35. The summed E-state index contributed by atoms with van der Waals surface area (Å²) in [6.07, 6.45) is 5.04. The first-order chi connectivity index (χ1) is 11.8. The molecule has 1 fully saturated rings. The van der Waals surface area contributed by atoms with E-state index in [4.69, 9.17) is 23.2 Å². The first-order valence-electron chi connectivity index (χ1n) is 8.94. The molecule has 1 aromatic carbocycles. The van der Waals surface area contributed by atoms with Crippen LogP contribution in [0.15, 0.2) is 18.2 Å². The Morgan fingerprint density at radius 1 is 1.24 bits per heavy atom. The van der Waals surface area contributed by atoms with Gasteiger partial charge in [0, 0.05) is 18.7 Å². The average Bonchev–Trinajstić information content (AvgIpc) is 2.55. The summed E-state index contributed by atoms with van der Waals surface area (Å²) in [6.45, 7) is 2.21. The lowest BCUT2D eigenvalue weighted by atomic mass is 9.91. The molecule has 0 amide bonds. The predicted octanol–water partition coefficient (Wildman–Crippen LogP) is 4.86. The number of rotatable bonds is 8. The fraction of sp³-hybridized carbons (Fsp3) is 0.667. The Kier molecular flexibility index (Phi) is 8.26. The van der Waals surface area contributed by atoms with Gasteiger partial charge in [-0.05, 0) is 43.4 Å². The van der Waals surface area contributed by atoms with Crippen molar-refractivity contribution in [1.29, 1.82) is 0 Å². The van der Waals surface area contributed by atoms with Crippen LogP contribution in [0.5, 0.6) is 0 Å². The lowest BCUT2D eigenvalue weighted by Crippen LogP contribution is -2.32. The van der Waals surface area contributed by atoms with E-state index in [9.17, 15) is 14.6 Å². The molecule has 2 rings (SSSR count). The Morgan fingerprint density at radius 3 is 2.56 bits per heavy atom. The molecule has 1 saturated carbocycles. The molecule has 0 spiro atoms. The van der Waals surface area contributed by atoms with Gasteiger partial charge in [-0.3, -0.25) is 4.57 Å².